The summed E-state index contributed by atoms with van der Waals surface area (Å²) in [5, 5.41) is 6.36. The molecule has 0 bridgehead atoms. The molecule has 1 heterocycles. The molecule has 2 rings (SSSR count). The van der Waals surface area contributed by atoms with E-state index in [-0.39, 0.29) is 30.9 Å². The Bertz CT molecular complexity index is 739. The lowest BCUT2D eigenvalue weighted by molar-refractivity contribution is -0.117. The second-order valence-corrected chi connectivity index (χ2v) is 5.93. The maximum absolute atomic E-state index is 12.1. The van der Waals surface area contributed by atoms with E-state index in [9.17, 15) is 9.59 Å². The first-order valence-electron chi connectivity index (χ1n) is 8.13. The second-order valence-electron chi connectivity index (χ2n) is 5.93. The van der Waals surface area contributed by atoms with Crippen LogP contribution in [0.3, 0.4) is 0 Å². The van der Waals surface area contributed by atoms with Crippen LogP contribution in [-0.4, -0.2) is 29.6 Å². The third-order valence-corrected chi connectivity index (χ3v) is 3.36. The topological polar surface area (TPSA) is 84.7 Å². The number of rotatable bonds is 7. The number of aryl methyl sites for hydroxylation is 1. The zero-order valence-electron chi connectivity index (χ0n) is 14.9. The minimum atomic E-state index is -0.248. The van der Waals surface area contributed by atoms with E-state index >= 15 is 0 Å². The Morgan fingerprint density at radius 1 is 1.32 bits per heavy atom. The summed E-state index contributed by atoms with van der Waals surface area (Å²) in [7, 11) is 0. The molecule has 0 atom stereocenters. The first-order valence-corrected chi connectivity index (χ1v) is 8.13. The first kappa shape index (κ1) is 18.5. The molecule has 1 aromatic carbocycles. The van der Waals surface area contributed by atoms with Crippen molar-refractivity contribution >= 4 is 23.3 Å². The molecule has 1 aromatic heterocycles. The molecule has 7 heteroatoms. The number of carbonyl (C=O) groups excluding carboxylic acids is 2. The van der Waals surface area contributed by atoms with Crippen LogP contribution < -0.4 is 15.0 Å². The van der Waals surface area contributed by atoms with Crippen molar-refractivity contribution in [2.24, 2.45) is 0 Å². The molecule has 0 aliphatic rings. The van der Waals surface area contributed by atoms with Crippen molar-refractivity contribution < 1.29 is 18.8 Å². The van der Waals surface area contributed by atoms with E-state index < -0.39 is 0 Å². The van der Waals surface area contributed by atoms with Gasteiger partial charge in [0, 0.05) is 26.0 Å². The lowest BCUT2D eigenvalue weighted by Crippen LogP contribution is -2.32. The number of hydrogen-bond donors (Lipinski definition) is 1. The van der Waals surface area contributed by atoms with E-state index in [1.807, 2.05) is 32.0 Å². The van der Waals surface area contributed by atoms with E-state index in [4.69, 9.17) is 9.26 Å². The number of hydrogen-bond acceptors (Lipinski definition) is 5. The second kappa shape index (κ2) is 8.32. The number of benzene rings is 1. The quantitative estimate of drug-likeness (QED) is 0.833. The van der Waals surface area contributed by atoms with Gasteiger partial charge in [-0.15, -0.1) is 0 Å². The average Bonchev–Trinajstić information content (AvgIpc) is 2.93. The molecule has 0 aliphatic carbocycles. The SMILES string of the molecule is CC(=O)N(CCC(=O)Nc1cc(C)on1)c1ccccc1OC(C)C. The summed E-state index contributed by atoms with van der Waals surface area (Å²) in [5.74, 6) is 1.17. The number of carbonyl (C=O) groups is 2. The lowest BCUT2D eigenvalue weighted by atomic mass is 10.2. The predicted molar refractivity (Wildman–Crippen MR) is 94.7 cm³/mol. The Balaban J connectivity index is 2.06. The first-order chi connectivity index (χ1) is 11.9. The van der Waals surface area contributed by atoms with Crippen LogP contribution in [0, 0.1) is 6.92 Å². The average molecular weight is 345 g/mol. The van der Waals surface area contributed by atoms with Crippen molar-refractivity contribution in [1.29, 1.82) is 0 Å². The van der Waals surface area contributed by atoms with Gasteiger partial charge in [-0.2, -0.15) is 0 Å². The predicted octanol–water partition coefficient (Wildman–Crippen LogP) is 3.15. The summed E-state index contributed by atoms with van der Waals surface area (Å²) in [6.07, 6.45) is 0.107. The molecule has 7 nitrogen and oxygen atoms in total. The fourth-order valence-corrected chi connectivity index (χ4v) is 2.33. The fraction of sp³-hybridized carbons (Fsp3) is 0.389. The van der Waals surface area contributed by atoms with E-state index in [0.717, 1.165) is 0 Å². The van der Waals surface area contributed by atoms with Crippen molar-refractivity contribution in [2.45, 2.75) is 40.2 Å². The highest BCUT2D eigenvalue weighted by atomic mass is 16.5. The molecule has 1 N–H and O–H groups in total. The molecule has 25 heavy (non-hydrogen) atoms. The summed E-state index contributed by atoms with van der Waals surface area (Å²) in [6.45, 7) is 7.28. The van der Waals surface area contributed by atoms with E-state index in [1.165, 1.54) is 11.8 Å². The van der Waals surface area contributed by atoms with Gasteiger partial charge < -0.3 is 19.5 Å². The molecule has 0 unspecified atom stereocenters. The number of ether oxygens (including phenoxy) is 1. The molecule has 2 amide bonds. The molecular weight excluding hydrogens is 322 g/mol. The Morgan fingerprint density at radius 2 is 2.04 bits per heavy atom. The molecule has 0 saturated carbocycles. The van der Waals surface area contributed by atoms with Gasteiger partial charge in [0.1, 0.15) is 11.5 Å². The van der Waals surface area contributed by atoms with E-state index in [2.05, 4.69) is 10.5 Å². The molecule has 0 aliphatic heterocycles. The highest BCUT2D eigenvalue weighted by Gasteiger charge is 2.18. The number of aromatic nitrogens is 1. The fourth-order valence-electron chi connectivity index (χ4n) is 2.33. The summed E-state index contributed by atoms with van der Waals surface area (Å²) in [4.78, 5) is 25.7. The molecule has 134 valence electrons. The van der Waals surface area contributed by atoms with Crippen LogP contribution in [-0.2, 0) is 9.59 Å². The van der Waals surface area contributed by atoms with Gasteiger partial charge in [-0.25, -0.2) is 0 Å². The van der Waals surface area contributed by atoms with Crippen LogP contribution in [0.5, 0.6) is 5.75 Å². The van der Waals surface area contributed by atoms with Gasteiger partial charge in [-0.05, 0) is 32.9 Å². The van der Waals surface area contributed by atoms with Gasteiger partial charge in [-0.3, -0.25) is 9.59 Å². The Hall–Kier alpha value is -2.83. The summed E-state index contributed by atoms with van der Waals surface area (Å²) in [6, 6.07) is 8.92. The third-order valence-electron chi connectivity index (χ3n) is 3.36. The maximum Gasteiger partial charge on any atom is 0.227 e. The Kier molecular flexibility index (Phi) is 6.16. The van der Waals surface area contributed by atoms with Crippen LogP contribution >= 0.6 is 0 Å². The summed E-state index contributed by atoms with van der Waals surface area (Å²) < 4.78 is 10.7. The monoisotopic (exact) mass is 345 g/mol. The van der Waals surface area contributed by atoms with Crippen LogP contribution in [0.2, 0.25) is 0 Å². The zero-order chi connectivity index (χ0) is 18.4. The van der Waals surface area contributed by atoms with Gasteiger partial charge in [0.05, 0.1) is 11.8 Å². The van der Waals surface area contributed by atoms with Gasteiger partial charge in [0.2, 0.25) is 11.8 Å². The Morgan fingerprint density at radius 3 is 2.64 bits per heavy atom. The lowest BCUT2D eigenvalue weighted by Gasteiger charge is -2.24. The Labute approximate surface area is 146 Å². The molecule has 0 radical (unpaired) electrons. The normalized spacial score (nSPS) is 10.6. The number of nitrogens with one attached hydrogen (secondary N) is 1. The van der Waals surface area contributed by atoms with Gasteiger partial charge in [0.15, 0.2) is 5.82 Å². The largest absolute Gasteiger partial charge is 0.489 e. The highest BCUT2D eigenvalue weighted by molar-refractivity contribution is 5.95. The van der Waals surface area contributed by atoms with Crippen LogP contribution in [0.25, 0.3) is 0 Å². The maximum atomic E-state index is 12.1. The van der Waals surface area contributed by atoms with Crippen molar-refractivity contribution in [3.05, 3.63) is 36.1 Å². The summed E-state index contributed by atoms with van der Waals surface area (Å²) in [5.41, 5.74) is 0.647. The molecular formula is C18H23N3O4. The number of nitrogens with zero attached hydrogens (tertiary/aromatic N) is 2. The van der Waals surface area contributed by atoms with E-state index in [0.29, 0.717) is 23.0 Å². The number of anilines is 2. The summed E-state index contributed by atoms with van der Waals surface area (Å²) >= 11 is 0. The standard InChI is InChI=1S/C18H23N3O4/c1-12(2)24-16-8-6-5-7-15(16)21(14(4)22)10-9-18(23)19-17-11-13(3)25-20-17/h5-8,11-12H,9-10H2,1-4H3,(H,19,20,23). The molecule has 0 saturated heterocycles. The van der Waals surface area contributed by atoms with Crippen LogP contribution in [0.4, 0.5) is 11.5 Å². The van der Waals surface area contributed by atoms with Crippen molar-refractivity contribution in [1.82, 2.24) is 5.16 Å². The highest BCUT2D eigenvalue weighted by Crippen LogP contribution is 2.29. The van der Waals surface area contributed by atoms with Crippen LogP contribution in [0.15, 0.2) is 34.9 Å². The number of para-hydroxylation sites is 2. The molecule has 0 spiro atoms. The van der Waals surface area contributed by atoms with Crippen LogP contribution in [0.1, 0.15) is 33.0 Å². The molecule has 2 aromatic rings. The van der Waals surface area contributed by atoms with Crippen molar-refractivity contribution in [3.8, 4) is 5.75 Å². The van der Waals surface area contributed by atoms with Crippen molar-refractivity contribution in [2.75, 3.05) is 16.8 Å². The zero-order valence-corrected chi connectivity index (χ0v) is 14.9. The van der Waals surface area contributed by atoms with E-state index in [1.54, 1.807) is 19.1 Å². The minimum absolute atomic E-state index is 0.0198. The third kappa shape index (κ3) is 5.34. The van der Waals surface area contributed by atoms with Gasteiger partial charge >= 0.3 is 0 Å². The number of amides is 2. The minimum Gasteiger partial charge on any atom is -0.489 e. The van der Waals surface area contributed by atoms with Gasteiger partial charge in [-0.1, -0.05) is 17.3 Å². The smallest absolute Gasteiger partial charge is 0.227 e. The molecule has 0 fully saturated rings. The van der Waals surface area contributed by atoms with Crippen molar-refractivity contribution in [3.63, 3.8) is 0 Å². The van der Waals surface area contributed by atoms with Gasteiger partial charge in [0.25, 0.3) is 0 Å².